The van der Waals surface area contributed by atoms with Crippen LogP contribution in [0.2, 0.25) is 5.02 Å². The molecule has 0 heterocycles. The third-order valence-electron chi connectivity index (χ3n) is 2.99. The molecule has 0 atom stereocenters. The molecule has 0 radical (unpaired) electrons. The molecule has 2 rings (SSSR count). The fraction of sp³-hybridized carbons (Fsp3) is 0.188. The van der Waals surface area contributed by atoms with Gasteiger partial charge in [0, 0.05) is 5.56 Å². The highest BCUT2D eigenvalue weighted by Gasteiger charge is 2.10. The van der Waals surface area contributed by atoms with Crippen molar-refractivity contribution in [2.45, 2.75) is 20.5 Å². The van der Waals surface area contributed by atoms with Gasteiger partial charge in [-0.3, -0.25) is 0 Å². The molecule has 2 aromatic rings. The molecule has 0 saturated heterocycles. The second-order valence-corrected chi connectivity index (χ2v) is 4.96. The standard InChI is InChI=1S/C16H13ClFNO/c1-10-6-12(8-19)7-11(2)16(10)20-9-13-4-3-5-14(17)15(13)18/h3-7H,9H2,1-2H3. The number of aryl methyl sites for hydroxylation is 2. The second kappa shape index (κ2) is 5.94. The van der Waals surface area contributed by atoms with Gasteiger partial charge in [0.15, 0.2) is 0 Å². The maximum atomic E-state index is 13.8. The van der Waals surface area contributed by atoms with Crippen molar-refractivity contribution in [2.75, 3.05) is 0 Å². The van der Waals surface area contributed by atoms with Crippen molar-refractivity contribution in [2.24, 2.45) is 0 Å². The normalized spacial score (nSPS) is 10.2. The van der Waals surface area contributed by atoms with Gasteiger partial charge in [-0.1, -0.05) is 23.7 Å². The topological polar surface area (TPSA) is 33.0 Å². The van der Waals surface area contributed by atoms with Crippen molar-refractivity contribution >= 4 is 11.6 Å². The van der Waals surface area contributed by atoms with Gasteiger partial charge in [-0.05, 0) is 43.2 Å². The van der Waals surface area contributed by atoms with Gasteiger partial charge in [0.05, 0.1) is 16.7 Å². The zero-order valence-corrected chi connectivity index (χ0v) is 12.0. The fourth-order valence-corrected chi connectivity index (χ4v) is 2.25. The summed E-state index contributed by atoms with van der Waals surface area (Å²) in [6, 6.07) is 10.4. The average molecular weight is 290 g/mol. The van der Waals surface area contributed by atoms with Crippen LogP contribution in [0.3, 0.4) is 0 Å². The first-order chi connectivity index (χ1) is 9.52. The second-order valence-electron chi connectivity index (χ2n) is 4.55. The largest absolute Gasteiger partial charge is 0.488 e. The fourth-order valence-electron chi connectivity index (χ4n) is 2.05. The van der Waals surface area contributed by atoms with Crippen molar-refractivity contribution in [1.29, 1.82) is 5.26 Å². The van der Waals surface area contributed by atoms with Gasteiger partial charge in [0.2, 0.25) is 0 Å². The number of nitriles is 1. The molecule has 0 aliphatic rings. The molecule has 4 heteroatoms. The lowest BCUT2D eigenvalue weighted by Gasteiger charge is -2.13. The first-order valence-electron chi connectivity index (χ1n) is 6.10. The van der Waals surface area contributed by atoms with Crippen molar-refractivity contribution in [3.05, 3.63) is 63.4 Å². The molecule has 0 amide bonds. The summed E-state index contributed by atoms with van der Waals surface area (Å²) in [5.74, 6) is 0.210. The molecule has 0 N–H and O–H groups in total. The van der Waals surface area contributed by atoms with E-state index in [9.17, 15) is 4.39 Å². The number of ether oxygens (including phenoxy) is 1. The van der Waals surface area contributed by atoms with Gasteiger partial charge in [-0.2, -0.15) is 5.26 Å². The van der Waals surface area contributed by atoms with Crippen LogP contribution in [-0.2, 0) is 6.61 Å². The SMILES string of the molecule is Cc1cc(C#N)cc(C)c1OCc1cccc(Cl)c1F. The highest BCUT2D eigenvalue weighted by molar-refractivity contribution is 6.30. The Kier molecular flexibility index (Phi) is 4.26. The average Bonchev–Trinajstić information content (AvgIpc) is 2.42. The minimum atomic E-state index is -0.460. The van der Waals surface area contributed by atoms with E-state index < -0.39 is 5.82 Å². The number of hydrogen-bond acceptors (Lipinski definition) is 2. The van der Waals surface area contributed by atoms with E-state index in [-0.39, 0.29) is 11.6 Å². The minimum Gasteiger partial charge on any atom is -0.488 e. The Balaban J connectivity index is 2.24. The van der Waals surface area contributed by atoms with E-state index >= 15 is 0 Å². The monoisotopic (exact) mass is 289 g/mol. The molecular weight excluding hydrogens is 277 g/mol. The number of rotatable bonds is 3. The zero-order valence-electron chi connectivity index (χ0n) is 11.2. The summed E-state index contributed by atoms with van der Waals surface area (Å²) in [5, 5.41) is 8.98. The Labute approximate surface area is 122 Å². The van der Waals surface area contributed by atoms with Crippen LogP contribution in [0, 0.1) is 31.0 Å². The van der Waals surface area contributed by atoms with Crippen molar-refractivity contribution in [1.82, 2.24) is 0 Å². The summed E-state index contributed by atoms with van der Waals surface area (Å²) in [6.45, 7) is 3.81. The first-order valence-corrected chi connectivity index (χ1v) is 6.47. The van der Waals surface area contributed by atoms with E-state index in [2.05, 4.69) is 6.07 Å². The first kappa shape index (κ1) is 14.4. The third-order valence-corrected chi connectivity index (χ3v) is 3.28. The summed E-state index contributed by atoms with van der Waals surface area (Å²) in [4.78, 5) is 0. The van der Waals surface area contributed by atoms with Gasteiger partial charge < -0.3 is 4.74 Å². The van der Waals surface area contributed by atoms with E-state index in [1.807, 2.05) is 13.8 Å². The maximum absolute atomic E-state index is 13.8. The van der Waals surface area contributed by atoms with Gasteiger partial charge in [-0.25, -0.2) is 4.39 Å². The lowest BCUT2D eigenvalue weighted by Crippen LogP contribution is -2.02. The molecule has 0 aromatic heterocycles. The molecule has 2 nitrogen and oxygen atoms in total. The van der Waals surface area contributed by atoms with Gasteiger partial charge in [0.25, 0.3) is 0 Å². The van der Waals surface area contributed by atoms with E-state index in [0.29, 0.717) is 16.9 Å². The summed E-state index contributed by atoms with van der Waals surface area (Å²) >= 11 is 5.73. The molecule has 0 aliphatic carbocycles. The number of halogens is 2. The molecule has 0 unspecified atom stereocenters. The Hall–Kier alpha value is -2.05. The molecule has 0 fully saturated rings. The summed E-state index contributed by atoms with van der Waals surface area (Å²) < 4.78 is 19.5. The molecule has 0 saturated carbocycles. The highest BCUT2D eigenvalue weighted by atomic mass is 35.5. The lowest BCUT2D eigenvalue weighted by molar-refractivity contribution is 0.296. The minimum absolute atomic E-state index is 0.0828. The van der Waals surface area contributed by atoms with Crippen molar-refractivity contribution < 1.29 is 9.13 Å². The molecular formula is C16H13ClFNO. The molecule has 0 spiro atoms. The Morgan fingerprint density at radius 1 is 1.25 bits per heavy atom. The van der Waals surface area contributed by atoms with Crippen molar-refractivity contribution in [3.8, 4) is 11.8 Å². The van der Waals surface area contributed by atoms with Crippen LogP contribution in [0.25, 0.3) is 0 Å². The van der Waals surface area contributed by atoms with Crippen LogP contribution in [0.5, 0.6) is 5.75 Å². The van der Waals surface area contributed by atoms with Crippen LogP contribution in [0.1, 0.15) is 22.3 Å². The Morgan fingerprint density at radius 3 is 2.50 bits per heavy atom. The van der Waals surface area contributed by atoms with Crippen LogP contribution >= 0.6 is 11.6 Å². The van der Waals surface area contributed by atoms with Crippen LogP contribution < -0.4 is 4.74 Å². The number of hydrogen-bond donors (Lipinski definition) is 0. The summed E-state index contributed by atoms with van der Waals surface area (Å²) in [7, 11) is 0. The van der Waals surface area contributed by atoms with E-state index in [0.717, 1.165) is 11.1 Å². The van der Waals surface area contributed by atoms with E-state index in [1.54, 1.807) is 24.3 Å². The third kappa shape index (κ3) is 2.92. The predicted octanol–water partition coefficient (Wildman–Crippen LogP) is 4.55. The number of nitrogens with zero attached hydrogens (tertiary/aromatic N) is 1. The van der Waals surface area contributed by atoms with Crippen molar-refractivity contribution in [3.63, 3.8) is 0 Å². The van der Waals surface area contributed by atoms with Gasteiger partial charge in [-0.15, -0.1) is 0 Å². The van der Waals surface area contributed by atoms with E-state index in [1.165, 1.54) is 6.07 Å². The zero-order chi connectivity index (χ0) is 14.7. The van der Waals surface area contributed by atoms with Gasteiger partial charge >= 0.3 is 0 Å². The molecule has 0 aliphatic heterocycles. The Morgan fingerprint density at radius 2 is 1.90 bits per heavy atom. The van der Waals surface area contributed by atoms with Crippen LogP contribution in [0.15, 0.2) is 30.3 Å². The quantitative estimate of drug-likeness (QED) is 0.830. The van der Waals surface area contributed by atoms with Gasteiger partial charge in [0.1, 0.15) is 18.2 Å². The number of benzene rings is 2. The Bertz CT molecular complexity index is 668. The molecule has 102 valence electrons. The maximum Gasteiger partial charge on any atom is 0.148 e. The van der Waals surface area contributed by atoms with Crippen LogP contribution in [-0.4, -0.2) is 0 Å². The summed E-state index contributed by atoms with van der Waals surface area (Å²) in [6.07, 6.45) is 0. The van der Waals surface area contributed by atoms with E-state index in [4.69, 9.17) is 21.6 Å². The smallest absolute Gasteiger partial charge is 0.148 e. The summed E-state index contributed by atoms with van der Waals surface area (Å²) in [5.41, 5.74) is 2.69. The molecule has 0 bridgehead atoms. The van der Waals surface area contributed by atoms with Crippen LogP contribution in [0.4, 0.5) is 4.39 Å². The predicted molar refractivity (Wildman–Crippen MR) is 76.4 cm³/mol. The lowest BCUT2D eigenvalue weighted by atomic mass is 10.1. The molecule has 20 heavy (non-hydrogen) atoms. The molecule has 2 aromatic carbocycles. The highest BCUT2D eigenvalue weighted by Crippen LogP contribution is 2.26.